The van der Waals surface area contributed by atoms with Gasteiger partial charge in [-0.3, -0.25) is 0 Å². The summed E-state index contributed by atoms with van der Waals surface area (Å²) in [6, 6.07) is 8.81. The Morgan fingerprint density at radius 1 is 1.29 bits per heavy atom. The van der Waals surface area contributed by atoms with E-state index in [1.165, 1.54) is 6.20 Å². The Labute approximate surface area is 120 Å². The lowest BCUT2D eigenvalue weighted by molar-refractivity contribution is 0.174. The highest BCUT2D eigenvalue weighted by Gasteiger charge is 2.13. The zero-order valence-electron chi connectivity index (χ0n) is 11.0. The molecule has 7 heteroatoms. The van der Waals surface area contributed by atoms with Gasteiger partial charge in [-0.15, -0.1) is 0 Å². The molecule has 1 aliphatic heterocycles. The summed E-state index contributed by atoms with van der Waals surface area (Å²) in [7, 11) is 0. The first-order valence-electron chi connectivity index (χ1n) is 6.21. The molecule has 0 atom stereocenters. The highest BCUT2D eigenvalue weighted by Crippen LogP contribution is 2.32. The van der Waals surface area contributed by atoms with E-state index in [0.29, 0.717) is 23.8 Å². The lowest BCUT2D eigenvalue weighted by Crippen LogP contribution is -2.13. The summed E-state index contributed by atoms with van der Waals surface area (Å²) in [6.45, 7) is 0.562. The van der Waals surface area contributed by atoms with Crippen molar-refractivity contribution >= 4 is 5.84 Å². The number of nitrogens with two attached hydrogens (primary N) is 1. The van der Waals surface area contributed by atoms with Gasteiger partial charge in [0.05, 0.1) is 0 Å². The van der Waals surface area contributed by atoms with Gasteiger partial charge in [0.1, 0.15) is 6.61 Å². The fourth-order valence-corrected chi connectivity index (χ4v) is 1.89. The van der Waals surface area contributed by atoms with Crippen LogP contribution in [0.3, 0.4) is 0 Å². The van der Waals surface area contributed by atoms with Gasteiger partial charge in [-0.1, -0.05) is 11.2 Å². The predicted molar refractivity (Wildman–Crippen MR) is 73.6 cm³/mol. The number of benzene rings is 1. The minimum Gasteiger partial charge on any atom is -0.473 e. The summed E-state index contributed by atoms with van der Waals surface area (Å²) in [5.41, 5.74) is 6.98. The molecule has 0 spiro atoms. The molecule has 3 N–H and O–H groups in total. The summed E-state index contributed by atoms with van der Waals surface area (Å²) in [5, 5.41) is 11.6. The second-order valence-corrected chi connectivity index (χ2v) is 4.34. The molecular formula is C14H13N3O4. The van der Waals surface area contributed by atoms with Crippen molar-refractivity contribution in [1.82, 2.24) is 4.98 Å². The average Bonchev–Trinajstić information content (AvgIpc) is 3.00. The van der Waals surface area contributed by atoms with Gasteiger partial charge in [0, 0.05) is 17.8 Å². The highest BCUT2D eigenvalue weighted by atomic mass is 16.7. The SMILES string of the molecule is N/C(=N\O)c1ccnc(OCc2ccc3c(c2)OCO3)c1. The first-order valence-corrected chi connectivity index (χ1v) is 6.21. The third-order valence-electron chi connectivity index (χ3n) is 2.96. The largest absolute Gasteiger partial charge is 0.473 e. The van der Waals surface area contributed by atoms with E-state index < -0.39 is 0 Å². The normalized spacial score (nSPS) is 13.2. The number of ether oxygens (including phenoxy) is 3. The van der Waals surface area contributed by atoms with Crippen LogP contribution in [0.2, 0.25) is 0 Å². The smallest absolute Gasteiger partial charge is 0.231 e. The standard InChI is InChI=1S/C14H13N3O4/c15-14(17-18)10-3-4-16-13(6-10)19-7-9-1-2-11-12(5-9)21-8-20-11/h1-6,18H,7-8H2,(H2,15,17). The molecule has 0 saturated carbocycles. The number of rotatable bonds is 4. The van der Waals surface area contributed by atoms with Crippen molar-refractivity contribution in [2.24, 2.45) is 10.9 Å². The van der Waals surface area contributed by atoms with Gasteiger partial charge in [-0.05, 0) is 23.8 Å². The summed E-state index contributed by atoms with van der Waals surface area (Å²) >= 11 is 0. The summed E-state index contributed by atoms with van der Waals surface area (Å²) in [6.07, 6.45) is 1.53. The molecule has 108 valence electrons. The molecule has 0 radical (unpaired) electrons. The van der Waals surface area contributed by atoms with E-state index in [0.717, 1.165) is 11.3 Å². The van der Waals surface area contributed by atoms with Gasteiger partial charge in [0.15, 0.2) is 17.3 Å². The van der Waals surface area contributed by atoms with Crippen LogP contribution in [0.15, 0.2) is 41.7 Å². The highest BCUT2D eigenvalue weighted by molar-refractivity contribution is 5.97. The molecule has 0 bridgehead atoms. The Bertz CT molecular complexity index is 688. The van der Waals surface area contributed by atoms with Crippen LogP contribution in [0.4, 0.5) is 0 Å². The molecule has 1 aromatic heterocycles. The van der Waals surface area contributed by atoms with Crippen molar-refractivity contribution in [3.05, 3.63) is 47.7 Å². The van der Waals surface area contributed by atoms with E-state index in [2.05, 4.69) is 10.1 Å². The van der Waals surface area contributed by atoms with Crippen molar-refractivity contribution < 1.29 is 19.4 Å². The maximum absolute atomic E-state index is 8.65. The van der Waals surface area contributed by atoms with Crippen LogP contribution >= 0.6 is 0 Å². The molecule has 0 aliphatic carbocycles. The number of oxime groups is 1. The zero-order chi connectivity index (χ0) is 14.7. The molecule has 3 rings (SSSR count). The number of hydrogen-bond acceptors (Lipinski definition) is 6. The topological polar surface area (TPSA) is 99.2 Å². The van der Waals surface area contributed by atoms with Crippen LogP contribution < -0.4 is 19.9 Å². The molecule has 0 unspecified atom stereocenters. The Balaban J connectivity index is 1.70. The maximum Gasteiger partial charge on any atom is 0.231 e. The quantitative estimate of drug-likeness (QED) is 0.382. The number of nitrogens with zero attached hydrogens (tertiary/aromatic N) is 2. The fraction of sp³-hybridized carbons (Fsp3) is 0.143. The second-order valence-electron chi connectivity index (χ2n) is 4.34. The minimum atomic E-state index is 0.00493. The van der Waals surface area contributed by atoms with Crippen LogP contribution in [0, 0.1) is 0 Å². The number of fused-ring (bicyclic) bond motifs is 1. The van der Waals surface area contributed by atoms with E-state index >= 15 is 0 Å². The van der Waals surface area contributed by atoms with Gasteiger partial charge < -0.3 is 25.2 Å². The van der Waals surface area contributed by atoms with Crippen molar-refractivity contribution in [2.45, 2.75) is 6.61 Å². The molecule has 1 aromatic carbocycles. The van der Waals surface area contributed by atoms with Crippen LogP contribution in [-0.4, -0.2) is 22.8 Å². The molecule has 2 aromatic rings. The van der Waals surface area contributed by atoms with Gasteiger partial charge in [0.25, 0.3) is 0 Å². The third-order valence-corrected chi connectivity index (χ3v) is 2.96. The van der Waals surface area contributed by atoms with E-state index in [4.69, 9.17) is 25.2 Å². The number of pyridine rings is 1. The summed E-state index contributed by atoms with van der Waals surface area (Å²) < 4.78 is 16.1. The number of amidine groups is 1. The lowest BCUT2D eigenvalue weighted by Gasteiger charge is -2.07. The van der Waals surface area contributed by atoms with Crippen molar-refractivity contribution in [2.75, 3.05) is 6.79 Å². The number of hydrogen-bond donors (Lipinski definition) is 2. The van der Waals surface area contributed by atoms with E-state index in [1.807, 2.05) is 18.2 Å². The first kappa shape index (κ1) is 13.0. The maximum atomic E-state index is 8.65. The predicted octanol–water partition coefficient (Wildman–Crippen LogP) is 1.48. The van der Waals surface area contributed by atoms with Gasteiger partial charge in [-0.2, -0.15) is 0 Å². The molecule has 21 heavy (non-hydrogen) atoms. The molecule has 7 nitrogen and oxygen atoms in total. The van der Waals surface area contributed by atoms with Gasteiger partial charge in [-0.25, -0.2) is 4.98 Å². The Kier molecular flexibility index (Phi) is 3.46. The Morgan fingerprint density at radius 2 is 2.14 bits per heavy atom. The fourth-order valence-electron chi connectivity index (χ4n) is 1.89. The van der Waals surface area contributed by atoms with Crippen LogP contribution in [0.1, 0.15) is 11.1 Å². The third kappa shape index (κ3) is 2.81. The van der Waals surface area contributed by atoms with Crippen molar-refractivity contribution in [3.63, 3.8) is 0 Å². The van der Waals surface area contributed by atoms with Crippen molar-refractivity contribution in [1.29, 1.82) is 0 Å². The average molecular weight is 287 g/mol. The zero-order valence-corrected chi connectivity index (χ0v) is 11.0. The molecule has 2 heterocycles. The molecular weight excluding hydrogens is 274 g/mol. The van der Waals surface area contributed by atoms with Crippen LogP contribution in [-0.2, 0) is 6.61 Å². The number of aromatic nitrogens is 1. The molecule has 1 aliphatic rings. The Hall–Kier alpha value is -2.96. The summed E-state index contributed by atoms with van der Waals surface area (Å²) in [4.78, 5) is 4.07. The van der Waals surface area contributed by atoms with Crippen LogP contribution in [0.25, 0.3) is 0 Å². The van der Waals surface area contributed by atoms with E-state index in [1.54, 1.807) is 12.1 Å². The molecule has 0 saturated heterocycles. The van der Waals surface area contributed by atoms with E-state index in [9.17, 15) is 0 Å². The van der Waals surface area contributed by atoms with Crippen molar-refractivity contribution in [3.8, 4) is 17.4 Å². The van der Waals surface area contributed by atoms with Gasteiger partial charge in [0.2, 0.25) is 12.7 Å². The molecule has 0 fully saturated rings. The summed E-state index contributed by atoms with van der Waals surface area (Å²) in [5.74, 6) is 1.82. The first-order chi connectivity index (χ1) is 10.3. The van der Waals surface area contributed by atoms with E-state index in [-0.39, 0.29) is 12.6 Å². The minimum absolute atomic E-state index is 0.00493. The molecule has 0 amide bonds. The second kappa shape index (κ2) is 5.58. The lowest BCUT2D eigenvalue weighted by atomic mass is 10.2. The monoisotopic (exact) mass is 287 g/mol. The van der Waals surface area contributed by atoms with Gasteiger partial charge >= 0.3 is 0 Å². The van der Waals surface area contributed by atoms with Crippen LogP contribution in [0.5, 0.6) is 17.4 Å². The Morgan fingerprint density at radius 3 is 3.00 bits per heavy atom.